The number of hydrogen-bond donors (Lipinski definition) is 1. The number of hydrogen-bond acceptors (Lipinski definition) is 5. The van der Waals surface area contributed by atoms with E-state index in [-0.39, 0.29) is 19.1 Å². The van der Waals surface area contributed by atoms with E-state index in [1.165, 1.54) is 16.8 Å². The molecule has 0 bridgehead atoms. The van der Waals surface area contributed by atoms with E-state index in [1.807, 2.05) is 0 Å². The smallest absolute Gasteiger partial charge is 0.413 e. The zero-order valence-electron chi connectivity index (χ0n) is 14.1. The highest BCUT2D eigenvalue weighted by atomic mass is 16.5. The summed E-state index contributed by atoms with van der Waals surface area (Å²) in [5.41, 5.74) is 3.86. The first kappa shape index (κ1) is 17.3. The van der Waals surface area contributed by atoms with Gasteiger partial charge in [0.05, 0.1) is 13.2 Å². The van der Waals surface area contributed by atoms with Crippen LogP contribution in [0.1, 0.15) is 18.1 Å². The lowest BCUT2D eigenvalue weighted by Gasteiger charge is -2.36. The Morgan fingerprint density at radius 3 is 2.52 bits per heavy atom. The van der Waals surface area contributed by atoms with Crippen molar-refractivity contribution in [3.05, 3.63) is 29.3 Å². The molecule has 0 aromatic heterocycles. The molecule has 126 valence electrons. The van der Waals surface area contributed by atoms with Gasteiger partial charge in [-0.05, 0) is 38.0 Å². The molecule has 1 aliphatic heterocycles. The maximum atomic E-state index is 11.8. The van der Waals surface area contributed by atoms with Crippen molar-refractivity contribution < 1.29 is 14.3 Å². The monoisotopic (exact) mass is 319 g/mol. The Morgan fingerprint density at radius 1 is 1.17 bits per heavy atom. The Morgan fingerprint density at radius 2 is 1.87 bits per heavy atom. The first-order valence-corrected chi connectivity index (χ1v) is 8.01. The number of nitrogens with one attached hydrogen (secondary N) is 1. The molecule has 0 unspecified atom stereocenters. The van der Waals surface area contributed by atoms with Gasteiger partial charge in [0.15, 0.2) is 0 Å². The van der Waals surface area contributed by atoms with Crippen LogP contribution < -0.4 is 10.2 Å². The molecule has 1 aromatic carbocycles. The number of benzene rings is 1. The summed E-state index contributed by atoms with van der Waals surface area (Å²) in [5.74, 6) is -0.316. The molecule has 0 saturated carbocycles. The van der Waals surface area contributed by atoms with Gasteiger partial charge in [-0.15, -0.1) is 0 Å². The third kappa shape index (κ3) is 4.69. The highest BCUT2D eigenvalue weighted by Gasteiger charge is 2.21. The van der Waals surface area contributed by atoms with Gasteiger partial charge in [-0.1, -0.05) is 12.1 Å². The fourth-order valence-corrected chi connectivity index (χ4v) is 2.75. The SMILES string of the molecule is CCOC(=O)NC(=O)CN1CCN(c2cccc(C)c2C)CC1. The molecule has 1 aliphatic rings. The van der Waals surface area contributed by atoms with Crippen molar-refractivity contribution in [2.45, 2.75) is 20.8 Å². The summed E-state index contributed by atoms with van der Waals surface area (Å²) in [7, 11) is 0. The van der Waals surface area contributed by atoms with E-state index in [1.54, 1.807) is 6.92 Å². The second kappa shape index (κ2) is 7.97. The van der Waals surface area contributed by atoms with Gasteiger partial charge in [-0.2, -0.15) is 0 Å². The predicted octanol–water partition coefficient (Wildman–Crippen LogP) is 1.70. The number of nitrogens with zero attached hydrogens (tertiary/aromatic N) is 2. The summed E-state index contributed by atoms with van der Waals surface area (Å²) in [6.45, 7) is 9.78. The number of imide groups is 1. The Labute approximate surface area is 137 Å². The lowest BCUT2D eigenvalue weighted by molar-refractivity contribution is -0.121. The second-order valence-electron chi connectivity index (χ2n) is 5.75. The molecule has 2 rings (SSSR count). The van der Waals surface area contributed by atoms with Gasteiger partial charge < -0.3 is 9.64 Å². The molecular formula is C17H25N3O3. The fraction of sp³-hybridized carbons (Fsp3) is 0.529. The molecule has 0 radical (unpaired) electrons. The number of piperazine rings is 1. The first-order valence-electron chi connectivity index (χ1n) is 8.01. The third-order valence-electron chi connectivity index (χ3n) is 4.17. The van der Waals surface area contributed by atoms with Crippen LogP contribution in [0, 0.1) is 13.8 Å². The van der Waals surface area contributed by atoms with Crippen molar-refractivity contribution >= 4 is 17.7 Å². The summed E-state index contributed by atoms with van der Waals surface area (Å²) in [6, 6.07) is 6.34. The summed E-state index contributed by atoms with van der Waals surface area (Å²) in [6.07, 6.45) is -0.675. The molecule has 2 amide bonds. The lowest BCUT2D eigenvalue weighted by Crippen LogP contribution is -2.50. The van der Waals surface area contributed by atoms with Crippen LogP contribution in [-0.2, 0) is 9.53 Å². The molecule has 0 atom stereocenters. The van der Waals surface area contributed by atoms with Crippen molar-refractivity contribution in [3.8, 4) is 0 Å². The van der Waals surface area contributed by atoms with E-state index in [0.29, 0.717) is 0 Å². The van der Waals surface area contributed by atoms with E-state index in [4.69, 9.17) is 4.74 Å². The molecule has 1 N–H and O–H groups in total. The summed E-state index contributed by atoms with van der Waals surface area (Å²) in [4.78, 5) is 27.4. The van der Waals surface area contributed by atoms with Crippen LogP contribution in [0.3, 0.4) is 0 Å². The number of amides is 2. The molecule has 6 nitrogen and oxygen atoms in total. The molecule has 1 heterocycles. The minimum atomic E-state index is -0.675. The molecule has 1 aromatic rings. The summed E-state index contributed by atoms with van der Waals surface area (Å²) < 4.78 is 4.70. The Balaban J connectivity index is 1.83. The average Bonchev–Trinajstić information content (AvgIpc) is 2.51. The van der Waals surface area contributed by atoms with Gasteiger partial charge in [0.1, 0.15) is 0 Å². The van der Waals surface area contributed by atoms with Crippen LogP contribution in [0.25, 0.3) is 0 Å². The molecule has 0 spiro atoms. The summed E-state index contributed by atoms with van der Waals surface area (Å²) in [5, 5.41) is 2.23. The van der Waals surface area contributed by atoms with Gasteiger partial charge in [0.25, 0.3) is 0 Å². The van der Waals surface area contributed by atoms with Crippen LogP contribution in [0.15, 0.2) is 18.2 Å². The highest BCUT2D eigenvalue weighted by molar-refractivity contribution is 5.92. The van der Waals surface area contributed by atoms with Crippen molar-refractivity contribution in [1.29, 1.82) is 0 Å². The van der Waals surface area contributed by atoms with Crippen LogP contribution in [0.5, 0.6) is 0 Å². The van der Waals surface area contributed by atoms with Crippen molar-refractivity contribution in [2.75, 3.05) is 44.2 Å². The van der Waals surface area contributed by atoms with E-state index in [9.17, 15) is 9.59 Å². The number of ether oxygens (including phenoxy) is 1. The first-order chi connectivity index (χ1) is 11.0. The third-order valence-corrected chi connectivity index (χ3v) is 4.17. The van der Waals surface area contributed by atoms with Crippen LogP contribution >= 0.6 is 0 Å². The van der Waals surface area contributed by atoms with E-state index < -0.39 is 6.09 Å². The van der Waals surface area contributed by atoms with Gasteiger partial charge in [-0.3, -0.25) is 15.0 Å². The lowest BCUT2D eigenvalue weighted by atomic mass is 10.1. The van der Waals surface area contributed by atoms with E-state index >= 15 is 0 Å². The van der Waals surface area contributed by atoms with Gasteiger partial charge in [0.2, 0.25) is 5.91 Å². The minimum Gasteiger partial charge on any atom is -0.450 e. The Hall–Kier alpha value is -2.08. The highest BCUT2D eigenvalue weighted by Crippen LogP contribution is 2.23. The Kier molecular flexibility index (Phi) is 5.98. The quantitative estimate of drug-likeness (QED) is 0.915. The largest absolute Gasteiger partial charge is 0.450 e. The number of rotatable bonds is 4. The van der Waals surface area contributed by atoms with Crippen LogP contribution in [0.2, 0.25) is 0 Å². The van der Waals surface area contributed by atoms with Gasteiger partial charge >= 0.3 is 6.09 Å². The molecule has 0 aliphatic carbocycles. The molecule has 23 heavy (non-hydrogen) atoms. The van der Waals surface area contributed by atoms with Crippen LogP contribution in [0.4, 0.5) is 10.5 Å². The minimum absolute atomic E-state index is 0.222. The fourth-order valence-electron chi connectivity index (χ4n) is 2.75. The van der Waals surface area contributed by atoms with Crippen molar-refractivity contribution in [1.82, 2.24) is 10.2 Å². The Bertz CT molecular complexity index is 566. The van der Waals surface area contributed by atoms with Crippen molar-refractivity contribution in [2.24, 2.45) is 0 Å². The zero-order chi connectivity index (χ0) is 16.8. The maximum absolute atomic E-state index is 11.8. The second-order valence-corrected chi connectivity index (χ2v) is 5.75. The molecule has 1 fully saturated rings. The number of aryl methyl sites for hydroxylation is 1. The number of anilines is 1. The normalized spacial score (nSPS) is 15.3. The number of carbonyl (C=O) groups is 2. The number of alkyl carbamates (subject to hydrolysis) is 1. The standard InChI is InChI=1S/C17H25N3O3/c1-4-23-17(22)18-16(21)12-19-8-10-20(11-9-19)15-7-5-6-13(2)14(15)3/h5-7H,4,8-12H2,1-3H3,(H,18,21,22). The number of carbonyl (C=O) groups excluding carboxylic acids is 2. The average molecular weight is 319 g/mol. The molecule has 1 saturated heterocycles. The topological polar surface area (TPSA) is 61.9 Å². The van der Waals surface area contributed by atoms with E-state index in [2.05, 4.69) is 47.2 Å². The van der Waals surface area contributed by atoms with Gasteiger partial charge in [-0.25, -0.2) is 4.79 Å². The van der Waals surface area contributed by atoms with Crippen molar-refractivity contribution in [3.63, 3.8) is 0 Å². The van der Waals surface area contributed by atoms with Gasteiger partial charge in [0, 0.05) is 31.9 Å². The van der Waals surface area contributed by atoms with Crippen LogP contribution in [-0.4, -0.2) is 56.2 Å². The molecule has 6 heteroatoms. The zero-order valence-corrected chi connectivity index (χ0v) is 14.1. The summed E-state index contributed by atoms with van der Waals surface area (Å²) >= 11 is 0. The predicted molar refractivity (Wildman–Crippen MR) is 89.7 cm³/mol. The maximum Gasteiger partial charge on any atom is 0.413 e. The van der Waals surface area contributed by atoms with E-state index in [0.717, 1.165) is 26.2 Å². The molecular weight excluding hydrogens is 294 g/mol.